The molecule has 0 aliphatic heterocycles. The van der Waals surface area contributed by atoms with Crippen molar-refractivity contribution in [2.24, 2.45) is 0 Å². The summed E-state index contributed by atoms with van der Waals surface area (Å²) in [5.41, 5.74) is 1.05. The highest BCUT2D eigenvalue weighted by Gasteiger charge is 2.11. The zero-order valence-electron chi connectivity index (χ0n) is 8.32. The lowest BCUT2D eigenvalue weighted by Gasteiger charge is -2.05. The van der Waals surface area contributed by atoms with Crippen LogP contribution < -0.4 is 4.72 Å². The van der Waals surface area contributed by atoms with Gasteiger partial charge in [-0.15, -0.1) is 0 Å². The highest BCUT2D eigenvalue weighted by molar-refractivity contribution is 7.89. The average molecular weight is 212 g/mol. The first-order chi connectivity index (χ1) is 6.56. The Morgan fingerprint density at radius 2 is 1.86 bits per heavy atom. The van der Waals surface area contributed by atoms with Crippen molar-refractivity contribution in [1.29, 1.82) is 0 Å². The smallest absolute Gasteiger partial charge is 0.211 e. The highest BCUT2D eigenvalue weighted by atomic mass is 32.2. The van der Waals surface area contributed by atoms with Crippen molar-refractivity contribution in [2.75, 3.05) is 6.54 Å². The molecule has 0 unspecified atom stereocenters. The highest BCUT2D eigenvalue weighted by Crippen LogP contribution is 2.09. The minimum absolute atomic E-state index is 0.310. The molecule has 0 aromatic heterocycles. The molecule has 0 amide bonds. The molecule has 1 radical (unpaired) electrons. The van der Waals surface area contributed by atoms with Crippen LogP contribution in [0.1, 0.15) is 12.5 Å². The fourth-order valence-corrected chi connectivity index (χ4v) is 2.04. The van der Waals surface area contributed by atoms with Gasteiger partial charge in [0.05, 0.1) is 4.90 Å². The van der Waals surface area contributed by atoms with Gasteiger partial charge in [-0.1, -0.05) is 24.6 Å². The molecule has 0 spiro atoms. The summed E-state index contributed by atoms with van der Waals surface area (Å²) in [6.45, 7) is 4.08. The van der Waals surface area contributed by atoms with Crippen molar-refractivity contribution < 1.29 is 8.42 Å². The lowest BCUT2D eigenvalue weighted by Crippen LogP contribution is -2.24. The molecule has 0 saturated heterocycles. The number of rotatable bonds is 4. The molecular formula is C10H14NO2S. The molecule has 3 nitrogen and oxygen atoms in total. The van der Waals surface area contributed by atoms with Crippen LogP contribution >= 0.6 is 0 Å². The van der Waals surface area contributed by atoms with Gasteiger partial charge in [0.2, 0.25) is 10.0 Å². The van der Waals surface area contributed by atoms with E-state index in [4.69, 9.17) is 0 Å². The Kier molecular flexibility index (Phi) is 3.66. The van der Waals surface area contributed by atoms with Crippen molar-refractivity contribution >= 4 is 10.0 Å². The van der Waals surface area contributed by atoms with Gasteiger partial charge >= 0.3 is 0 Å². The minimum Gasteiger partial charge on any atom is -0.211 e. The first-order valence-corrected chi connectivity index (χ1v) is 5.89. The predicted molar refractivity (Wildman–Crippen MR) is 56.3 cm³/mol. The van der Waals surface area contributed by atoms with Gasteiger partial charge in [0.25, 0.3) is 0 Å². The van der Waals surface area contributed by atoms with E-state index in [1.165, 1.54) is 0 Å². The molecule has 0 fully saturated rings. The van der Waals surface area contributed by atoms with Crippen molar-refractivity contribution in [2.45, 2.75) is 18.7 Å². The normalized spacial score (nSPS) is 11.6. The SMILES string of the molecule is C[CH]CNS(=O)(=O)c1ccc(C)cc1. The molecule has 0 aliphatic rings. The Morgan fingerprint density at radius 3 is 2.36 bits per heavy atom. The van der Waals surface area contributed by atoms with E-state index in [9.17, 15) is 8.42 Å². The first-order valence-electron chi connectivity index (χ1n) is 4.40. The van der Waals surface area contributed by atoms with E-state index < -0.39 is 10.0 Å². The van der Waals surface area contributed by atoms with Crippen molar-refractivity contribution in [1.82, 2.24) is 4.72 Å². The molecule has 0 atom stereocenters. The quantitative estimate of drug-likeness (QED) is 0.822. The monoisotopic (exact) mass is 212 g/mol. The Morgan fingerprint density at radius 1 is 1.29 bits per heavy atom. The van der Waals surface area contributed by atoms with Crippen LogP contribution in [0.25, 0.3) is 0 Å². The molecule has 77 valence electrons. The maximum absolute atomic E-state index is 11.6. The van der Waals surface area contributed by atoms with E-state index in [1.807, 2.05) is 6.92 Å². The van der Waals surface area contributed by atoms with Crippen LogP contribution in [-0.2, 0) is 10.0 Å². The minimum atomic E-state index is -3.32. The number of aryl methyl sites for hydroxylation is 1. The predicted octanol–water partition coefficient (Wildman–Crippen LogP) is 1.50. The number of benzene rings is 1. The van der Waals surface area contributed by atoms with E-state index >= 15 is 0 Å². The van der Waals surface area contributed by atoms with Gasteiger partial charge in [0, 0.05) is 6.54 Å². The Hall–Kier alpha value is -0.870. The summed E-state index contributed by atoms with van der Waals surface area (Å²) in [6.07, 6.45) is 1.76. The molecule has 1 aromatic carbocycles. The first kappa shape index (κ1) is 11.2. The van der Waals surface area contributed by atoms with Gasteiger partial charge in [-0.25, -0.2) is 13.1 Å². The molecule has 4 heteroatoms. The number of nitrogens with one attached hydrogen (secondary N) is 1. The largest absolute Gasteiger partial charge is 0.240 e. The van der Waals surface area contributed by atoms with Gasteiger partial charge in [0.15, 0.2) is 0 Å². The molecular weight excluding hydrogens is 198 g/mol. The standard InChI is InChI=1S/C10H14NO2S/c1-3-8-11-14(12,13)10-6-4-9(2)5-7-10/h3-7,11H,8H2,1-2H3. The lowest BCUT2D eigenvalue weighted by molar-refractivity contribution is 0.584. The van der Waals surface area contributed by atoms with Gasteiger partial charge in [-0.05, 0) is 25.5 Å². The lowest BCUT2D eigenvalue weighted by atomic mass is 10.2. The Balaban J connectivity index is 2.87. The Labute approximate surface area is 85.2 Å². The molecule has 1 aromatic rings. The third-order valence-electron chi connectivity index (χ3n) is 1.81. The summed E-state index contributed by atoms with van der Waals surface area (Å²) >= 11 is 0. The summed E-state index contributed by atoms with van der Waals surface area (Å²) in [5.74, 6) is 0. The molecule has 0 saturated carbocycles. The van der Waals surface area contributed by atoms with Crippen LogP contribution in [0.5, 0.6) is 0 Å². The number of sulfonamides is 1. The topological polar surface area (TPSA) is 46.2 Å². The molecule has 14 heavy (non-hydrogen) atoms. The molecule has 0 heterocycles. The van der Waals surface area contributed by atoms with E-state index in [1.54, 1.807) is 37.6 Å². The molecule has 0 aliphatic carbocycles. The summed E-state index contributed by atoms with van der Waals surface area (Å²) in [7, 11) is -3.32. The van der Waals surface area contributed by atoms with Crippen LogP contribution in [0.15, 0.2) is 29.2 Å². The Bertz CT molecular complexity index is 381. The average Bonchev–Trinajstić information content (AvgIpc) is 2.16. The zero-order chi connectivity index (χ0) is 10.6. The fourth-order valence-electron chi connectivity index (χ4n) is 0.994. The van der Waals surface area contributed by atoms with E-state index in [0.29, 0.717) is 11.4 Å². The maximum atomic E-state index is 11.6. The molecule has 1 N–H and O–H groups in total. The molecule has 0 bridgehead atoms. The van der Waals surface area contributed by atoms with Gasteiger partial charge in [0.1, 0.15) is 0 Å². The van der Waals surface area contributed by atoms with Crippen molar-refractivity contribution in [3.63, 3.8) is 0 Å². The number of hydrogen-bond donors (Lipinski definition) is 1. The summed E-state index contributed by atoms with van der Waals surface area (Å²) in [5, 5.41) is 0. The molecule has 1 rings (SSSR count). The van der Waals surface area contributed by atoms with Gasteiger partial charge in [-0.3, -0.25) is 0 Å². The number of hydrogen-bond acceptors (Lipinski definition) is 2. The third-order valence-corrected chi connectivity index (χ3v) is 3.25. The summed E-state index contributed by atoms with van der Waals surface area (Å²) < 4.78 is 25.6. The summed E-state index contributed by atoms with van der Waals surface area (Å²) in [4.78, 5) is 0.310. The van der Waals surface area contributed by atoms with E-state index in [0.717, 1.165) is 5.56 Å². The van der Waals surface area contributed by atoms with Crippen molar-refractivity contribution in [3.8, 4) is 0 Å². The van der Waals surface area contributed by atoms with E-state index in [2.05, 4.69) is 4.72 Å². The van der Waals surface area contributed by atoms with Crippen LogP contribution in [-0.4, -0.2) is 15.0 Å². The maximum Gasteiger partial charge on any atom is 0.240 e. The fraction of sp³-hybridized carbons (Fsp3) is 0.300. The van der Waals surface area contributed by atoms with Crippen LogP contribution in [0.4, 0.5) is 0 Å². The van der Waals surface area contributed by atoms with E-state index in [-0.39, 0.29) is 0 Å². The van der Waals surface area contributed by atoms with Crippen LogP contribution in [0.3, 0.4) is 0 Å². The van der Waals surface area contributed by atoms with Crippen LogP contribution in [0, 0.1) is 13.3 Å². The van der Waals surface area contributed by atoms with Gasteiger partial charge < -0.3 is 0 Å². The summed E-state index contributed by atoms with van der Waals surface area (Å²) in [6, 6.07) is 6.77. The second kappa shape index (κ2) is 4.57. The second-order valence-electron chi connectivity index (χ2n) is 3.07. The second-order valence-corrected chi connectivity index (χ2v) is 4.84. The van der Waals surface area contributed by atoms with Crippen molar-refractivity contribution in [3.05, 3.63) is 36.2 Å². The zero-order valence-corrected chi connectivity index (χ0v) is 9.14. The third kappa shape index (κ3) is 2.82. The van der Waals surface area contributed by atoms with Crippen LogP contribution in [0.2, 0.25) is 0 Å². The van der Waals surface area contributed by atoms with Gasteiger partial charge in [-0.2, -0.15) is 0 Å².